The molecule has 1 heterocycles. The molecular formula is C8H11NO2. The van der Waals surface area contributed by atoms with Crippen LogP contribution in [0.15, 0.2) is 0 Å². The largest absolute Gasteiger partial charge is 0.379 e. The monoisotopic (exact) mass is 153 g/mol. The van der Waals surface area contributed by atoms with E-state index in [0.29, 0.717) is 13.0 Å². The van der Waals surface area contributed by atoms with E-state index in [1.54, 1.807) is 7.05 Å². The van der Waals surface area contributed by atoms with Crippen molar-refractivity contribution < 1.29 is 9.90 Å². The quantitative estimate of drug-likeness (QED) is 0.521. The fourth-order valence-corrected chi connectivity index (χ4v) is 1.25. The molecule has 0 aliphatic carbocycles. The molecule has 1 saturated heterocycles. The van der Waals surface area contributed by atoms with Crippen LogP contribution in [0.3, 0.4) is 0 Å². The zero-order valence-corrected chi connectivity index (χ0v) is 6.50. The van der Waals surface area contributed by atoms with Gasteiger partial charge in [-0.25, -0.2) is 0 Å². The Morgan fingerprint density at radius 3 is 2.91 bits per heavy atom. The Labute approximate surface area is 66.0 Å². The number of hydrogen-bond donors (Lipinski definition) is 1. The van der Waals surface area contributed by atoms with Crippen LogP contribution in [0.5, 0.6) is 0 Å². The van der Waals surface area contributed by atoms with E-state index in [-0.39, 0.29) is 12.3 Å². The average molecular weight is 153 g/mol. The molecular weight excluding hydrogens is 142 g/mol. The third-order valence-electron chi connectivity index (χ3n) is 2.00. The Morgan fingerprint density at radius 1 is 1.91 bits per heavy atom. The molecule has 1 N–H and O–H groups in total. The zero-order chi connectivity index (χ0) is 8.48. The molecule has 0 aromatic rings. The first-order valence-corrected chi connectivity index (χ1v) is 3.51. The van der Waals surface area contributed by atoms with Gasteiger partial charge in [0, 0.05) is 26.4 Å². The number of likely N-dealkylation sites (N-methyl/N-ethyl adjacent to an activating group) is 1. The van der Waals surface area contributed by atoms with E-state index >= 15 is 0 Å². The van der Waals surface area contributed by atoms with Gasteiger partial charge < -0.3 is 10.0 Å². The molecule has 0 aromatic carbocycles. The standard InChI is InChI=1S/C8H11NO2/c1-3-4-8(11)5-6-9(2)7(8)10/h1,11H,4-6H2,2H3/t8-/m0/s1. The number of carbonyl (C=O) groups excluding carboxylic acids is 1. The summed E-state index contributed by atoms with van der Waals surface area (Å²) in [6, 6.07) is 0. The number of likely N-dealkylation sites (tertiary alicyclic amines) is 1. The third kappa shape index (κ3) is 1.22. The first-order chi connectivity index (χ1) is 5.10. The van der Waals surface area contributed by atoms with E-state index in [9.17, 15) is 9.90 Å². The second-order valence-electron chi connectivity index (χ2n) is 2.89. The summed E-state index contributed by atoms with van der Waals surface area (Å²) in [4.78, 5) is 12.7. The first-order valence-electron chi connectivity index (χ1n) is 3.51. The van der Waals surface area contributed by atoms with Crippen molar-refractivity contribution in [3.63, 3.8) is 0 Å². The maximum atomic E-state index is 11.2. The van der Waals surface area contributed by atoms with Gasteiger partial charge in [0.2, 0.25) is 0 Å². The fraction of sp³-hybridized carbons (Fsp3) is 0.625. The Morgan fingerprint density at radius 2 is 2.55 bits per heavy atom. The van der Waals surface area contributed by atoms with Crippen LogP contribution in [0.25, 0.3) is 0 Å². The van der Waals surface area contributed by atoms with E-state index in [1.165, 1.54) is 4.90 Å². The van der Waals surface area contributed by atoms with Crippen molar-refractivity contribution in [3.05, 3.63) is 0 Å². The number of nitrogens with zero attached hydrogens (tertiary/aromatic N) is 1. The van der Waals surface area contributed by atoms with Crippen molar-refractivity contribution in [2.75, 3.05) is 13.6 Å². The number of hydrogen-bond acceptors (Lipinski definition) is 2. The highest BCUT2D eigenvalue weighted by Gasteiger charge is 2.42. The zero-order valence-electron chi connectivity index (χ0n) is 6.50. The van der Waals surface area contributed by atoms with Crippen molar-refractivity contribution in [2.45, 2.75) is 18.4 Å². The molecule has 0 bridgehead atoms. The minimum absolute atomic E-state index is 0.121. The smallest absolute Gasteiger partial charge is 0.255 e. The predicted molar refractivity (Wildman–Crippen MR) is 40.7 cm³/mol. The maximum Gasteiger partial charge on any atom is 0.255 e. The topological polar surface area (TPSA) is 40.5 Å². The summed E-state index contributed by atoms with van der Waals surface area (Å²) in [6.07, 6.45) is 5.59. The lowest BCUT2D eigenvalue weighted by Crippen LogP contribution is -2.38. The second kappa shape index (κ2) is 2.55. The van der Waals surface area contributed by atoms with Crippen LogP contribution in [0.1, 0.15) is 12.8 Å². The lowest BCUT2D eigenvalue weighted by Gasteiger charge is -2.16. The van der Waals surface area contributed by atoms with E-state index in [0.717, 1.165) is 0 Å². The summed E-state index contributed by atoms with van der Waals surface area (Å²) in [6.45, 7) is 0.594. The Balaban J connectivity index is 2.75. The molecule has 0 radical (unpaired) electrons. The summed E-state index contributed by atoms with van der Waals surface area (Å²) in [5, 5.41) is 9.60. The molecule has 0 aromatic heterocycles. The molecule has 3 heteroatoms. The van der Waals surface area contributed by atoms with Gasteiger partial charge in [-0.15, -0.1) is 12.3 Å². The number of terminal acetylenes is 1. The van der Waals surface area contributed by atoms with Crippen LogP contribution >= 0.6 is 0 Å². The van der Waals surface area contributed by atoms with Crippen molar-refractivity contribution in [1.29, 1.82) is 0 Å². The predicted octanol–water partition coefficient (Wildman–Crippen LogP) is -0.397. The van der Waals surface area contributed by atoms with Crippen LogP contribution < -0.4 is 0 Å². The van der Waals surface area contributed by atoms with Gasteiger partial charge in [-0.3, -0.25) is 4.79 Å². The second-order valence-corrected chi connectivity index (χ2v) is 2.89. The van der Waals surface area contributed by atoms with E-state index in [4.69, 9.17) is 6.42 Å². The summed E-state index contributed by atoms with van der Waals surface area (Å²) in [5.74, 6) is 2.05. The van der Waals surface area contributed by atoms with Gasteiger partial charge in [-0.1, -0.05) is 0 Å². The summed E-state index contributed by atoms with van der Waals surface area (Å²) in [7, 11) is 1.66. The number of amides is 1. The van der Waals surface area contributed by atoms with Gasteiger partial charge in [0.15, 0.2) is 5.60 Å². The Bertz CT molecular complexity index is 219. The van der Waals surface area contributed by atoms with Gasteiger partial charge >= 0.3 is 0 Å². The molecule has 3 nitrogen and oxygen atoms in total. The van der Waals surface area contributed by atoms with Crippen LogP contribution in [0.4, 0.5) is 0 Å². The highest BCUT2D eigenvalue weighted by Crippen LogP contribution is 2.24. The van der Waals surface area contributed by atoms with E-state index < -0.39 is 5.60 Å². The Hall–Kier alpha value is -1.01. The highest BCUT2D eigenvalue weighted by atomic mass is 16.3. The molecule has 0 saturated carbocycles. The lowest BCUT2D eigenvalue weighted by molar-refractivity contribution is -0.141. The average Bonchev–Trinajstić information content (AvgIpc) is 2.19. The minimum atomic E-state index is -1.27. The molecule has 1 aliphatic rings. The summed E-state index contributed by atoms with van der Waals surface area (Å²) >= 11 is 0. The number of rotatable bonds is 1. The van der Waals surface area contributed by atoms with Crippen LogP contribution in [-0.2, 0) is 4.79 Å². The van der Waals surface area contributed by atoms with Gasteiger partial charge in [0.1, 0.15) is 0 Å². The van der Waals surface area contributed by atoms with Crippen LogP contribution in [0.2, 0.25) is 0 Å². The number of aliphatic hydroxyl groups is 1. The third-order valence-corrected chi connectivity index (χ3v) is 2.00. The van der Waals surface area contributed by atoms with E-state index in [2.05, 4.69) is 5.92 Å². The van der Waals surface area contributed by atoms with Gasteiger partial charge in [0.25, 0.3) is 5.91 Å². The highest BCUT2D eigenvalue weighted by molar-refractivity contribution is 5.87. The minimum Gasteiger partial charge on any atom is -0.379 e. The van der Waals surface area contributed by atoms with E-state index in [1.807, 2.05) is 0 Å². The first kappa shape index (κ1) is 8.09. The van der Waals surface area contributed by atoms with Gasteiger partial charge in [-0.2, -0.15) is 0 Å². The van der Waals surface area contributed by atoms with Crippen molar-refractivity contribution in [1.82, 2.24) is 4.90 Å². The molecule has 0 spiro atoms. The molecule has 1 atom stereocenters. The summed E-state index contributed by atoms with van der Waals surface area (Å²) in [5.41, 5.74) is -1.27. The molecule has 60 valence electrons. The fourth-order valence-electron chi connectivity index (χ4n) is 1.25. The molecule has 1 fully saturated rings. The van der Waals surface area contributed by atoms with Crippen LogP contribution in [0, 0.1) is 12.3 Å². The van der Waals surface area contributed by atoms with Crippen LogP contribution in [-0.4, -0.2) is 35.1 Å². The molecule has 1 amide bonds. The SMILES string of the molecule is C#CC[C@]1(O)CCN(C)C1=O. The molecule has 1 rings (SSSR count). The lowest BCUT2D eigenvalue weighted by atomic mass is 9.99. The molecule has 11 heavy (non-hydrogen) atoms. The molecule has 0 unspecified atom stereocenters. The van der Waals surface area contributed by atoms with Crippen molar-refractivity contribution in [3.8, 4) is 12.3 Å². The van der Waals surface area contributed by atoms with Gasteiger partial charge in [-0.05, 0) is 0 Å². The van der Waals surface area contributed by atoms with Crippen molar-refractivity contribution in [2.24, 2.45) is 0 Å². The maximum absolute atomic E-state index is 11.2. The van der Waals surface area contributed by atoms with Crippen molar-refractivity contribution >= 4 is 5.91 Å². The van der Waals surface area contributed by atoms with Gasteiger partial charge in [0.05, 0.1) is 0 Å². The Kier molecular flexibility index (Phi) is 1.88. The normalized spacial score (nSPS) is 30.6. The summed E-state index contributed by atoms with van der Waals surface area (Å²) < 4.78 is 0. The molecule has 1 aliphatic heterocycles. The number of carbonyl (C=O) groups is 1.